The molecule has 1 aliphatic heterocycles. The summed E-state index contributed by atoms with van der Waals surface area (Å²) in [5.74, 6) is -5.32. The summed E-state index contributed by atoms with van der Waals surface area (Å²) in [7, 11) is 4.32. The Balaban J connectivity index is 3.65. The highest BCUT2D eigenvalue weighted by molar-refractivity contribution is 5.94. The molecule has 0 unspecified atom stereocenters. The minimum Gasteiger partial charge on any atom is -0.452 e. The average molecular weight is 584 g/mol. The van der Waals surface area contributed by atoms with Gasteiger partial charge in [0.25, 0.3) is 11.8 Å². The molecule has 0 saturated carbocycles. The fourth-order valence-electron chi connectivity index (χ4n) is 4.99. The fraction of sp³-hybridized carbons (Fsp3) is 0.793. The summed E-state index contributed by atoms with van der Waals surface area (Å²) in [5.41, 5.74) is 0. The van der Waals surface area contributed by atoms with Crippen LogP contribution in [0.5, 0.6) is 0 Å². The lowest BCUT2D eigenvalue weighted by molar-refractivity contribution is -0.175. The topological polar surface area (TPSA) is 140 Å². The Kier molecular flexibility index (Phi) is 13.7. The molecule has 0 bridgehead atoms. The van der Waals surface area contributed by atoms with Gasteiger partial charge in [0.15, 0.2) is 18.8 Å². The van der Waals surface area contributed by atoms with Crippen molar-refractivity contribution in [3.05, 3.63) is 0 Å². The van der Waals surface area contributed by atoms with Gasteiger partial charge in [-0.05, 0) is 31.6 Å². The number of carbonyl (C=O) groups is 6. The highest BCUT2D eigenvalue weighted by Gasteiger charge is 2.42. The van der Waals surface area contributed by atoms with Gasteiger partial charge in [-0.15, -0.1) is 0 Å². The maximum atomic E-state index is 13.9. The van der Waals surface area contributed by atoms with Crippen molar-refractivity contribution in [3.63, 3.8) is 0 Å². The molecule has 1 fully saturated rings. The predicted molar refractivity (Wildman–Crippen MR) is 150 cm³/mol. The normalized spacial score (nSPS) is 28.8. The molecule has 0 aromatic rings. The minimum atomic E-state index is -1.28. The largest absolute Gasteiger partial charge is 0.452 e. The molecule has 1 aliphatic rings. The van der Waals surface area contributed by atoms with E-state index in [0.29, 0.717) is 19.3 Å². The summed E-state index contributed by atoms with van der Waals surface area (Å²) in [5, 5.41) is 0. The van der Waals surface area contributed by atoms with Crippen molar-refractivity contribution < 1.29 is 43.0 Å². The molecular weight excluding hydrogens is 534 g/mol. The van der Waals surface area contributed by atoms with Crippen molar-refractivity contribution in [2.75, 3.05) is 27.7 Å². The smallest absolute Gasteiger partial charge is 0.345 e. The molecule has 12 nitrogen and oxygen atoms in total. The number of nitrogens with zero attached hydrogens (tertiary/aromatic N) is 3. The Morgan fingerprint density at radius 3 is 1.44 bits per heavy atom. The van der Waals surface area contributed by atoms with E-state index in [1.54, 1.807) is 13.8 Å². The molecule has 0 spiro atoms. The number of amides is 3. The van der Waals surface area contributed by atoms with Gasteiger partial charge < -0.3 is 28.9 Å². The monoisotopic (exact) mass is 583 g/mol. The highest BCUT2D eigenvalue weighted by Crippen LogP contribution is 2.24. The van der Waals surface area contributed by atoms with Crippen LogP contribution in [-0.4, -0.2) is 108 Å². The van der Waals surface area contributed by atoms with Crippen molar-refractivity contribution in [1.29, 1.82) is 0 Å². The molecule has 0 aromatic heterocycles. The van der Waals surface area contributed by atoms with Crippen LogP contribution in [0.2, 0.25) is 0 Å². The van der Waals surface area contributed by atoms with Crippen molar-refractivity contribution >= 4 is 35.6 Å². The van der Waals surface area contributed by atoms with Crippen LogP contribution in [0.4, 0.5) is 0 Å². The molecule has 8 atom stereocenters. The first-order valence-electron chi connectivity index (χ1n) is 14.4. The Morgan fingerprint density at radius 1 is 0.610 bits per heavy atom. The van der Waals surface area contributed by atoms with Crippen molar-refractivity contribution in [3.8, 4) is 0 Å². The van der Waals surface area contributed by atoms with Gasteiger partial charge >= 0.3 is 17.9 Å². The first kappa shape index (κ1) is 35.8. The average Bonchev–Trinajstić information content (AvgIpc) is 2.93. The van der Waals surface area contributed by atoms with Gasteiger partial charge in [-0.2, -0.15) is 0 Å². The number of hydrogen-bond donors (Lipinski definition) is 0. The van der Waals surface area contributed by atoms with E-state index in [4.69, 9.17) is 14.2 Å². The van der Waals surface area contributed by atoms with Gasteiger partial charge in [-0.25, -0.2) is 14.4 Å². The van der Waals surface area contributed by atoms with Crippen LogP contribution in [0.25, 0.3) is 0 Å². The predicted octanol–water partition coefficient (Wildman–Crippen LogP) is 2.03. The van der Waals surface area contributed by atoms with Gasteiger partial charge in [-0.1, -0.05) is 60.8 Å². The van der Waals surface area contributed by atoms with E-state index in [1.807, 2.05) is 27.7 Å². The summed E-state index contributed by atoms with van der Waals surface area (Å²) >= 11 is 0. The molecule has 3 amide bonds. The third-order valence-corrected chi connectivity index (χ3v) is 8.21. The lowest BCUT2D eigenvalue weighted by Crippen LogP contribution is -2.58. The summed E-state index contributed by atoms with van der Waals surface area (Å²) in [4.78, 5) is 83.3. The third-order valence-electron chi connectivity index (χ3n) is 8.21. The number of likely N-dealkylation sites (N-methyl/N-ethyl adjacent to an activating group) is 3. The van der Waals surface area contributed by atoms with Gasteiger partial charge in [-0.3, -0.25) is 14.4 Å². The Morgan fingerprint density at radius 2 is 0.976 bits per heavy atom. The van der Waals surface area contributed by atoms with Gasteiger partial charge in [0.2, 0.25) is 5.91 Å². The summed E-state index contributed by atoms with van der Waals surface area (Å²) in [6.45, 7) is 12.9. The summed E-state index contributed by atoms with van der Waals surface area (Å²) in [6.07, 6.45) is -0.979. The van der Waals surface area contributed by atoms with E-state index in [-0.39, 0.29) is 17.8 Å². The number of cyclic esters (lactones) is 3. The summed E-state index contributed by atoms with van der Waals surface area (Å²) < 4.78 is 16.0. The van der Waals surface area contributed by atoms with Gasteiger partial charge in [0.1, 0.15) is 18.1 Å². The molecular formula is C29H49N3O9. The highest BCUT2D eigenvalue weighted by atomic mass is 16.6. The van der Waals surface area contributed by atoms with E-state index in [0.717, 1.165) is 4.90 Å². The Hall–Kier alpha value is -3.18. The van der Waals surface area contributed by atoms with Crippen LogP contribution in [0.15, 0.2) is 0 Å². The van der Waals surface area contributed by atoms with Crippen molar-refractivity contribution in [1.82, 2.24) is 14.7 Å². The van der Waals surface area contributed by atoms with E-state index in [1.165, 1.54) is 44.8 Å². The number of hydrogen-bond acceptors (Lipinski definition) is 9. The van der Waals surface area contributed by atoms with Crippen LogP contribution in [-0.2, 0) is 43.0 Å². The van der Waals surface area contributed by atoms with Crippen molar-refractivity contribution in [2.24, 2.45) is 17.8 Å². The molecule has 41 heavy (non-hydrogen) atoms. The molecule has 12 heteroatoms. The third kappa shape index (κ3) is 8.65. The first-order chi connectivity index (χ1) is 19.0. The second-order valence-corrected chi connectivity index (χ2v) is 11.2. The molecule has 0 aliphatic carbocycles. The first-order valence-corrected chi connectivity index (χ1v) is 14.4. The molecule has 1 rings (SSSR count). The number of rotatable bonds is 6. The van der Waals surface area contributed by atoms with Gasteiger partial charge in [0.05, 0.1) is 0 Å². The SMILES string of the molecule is CC[C@H](C)[C@H]1C(=O)O[C@H](C)C(=O)N(C)[C@@H]([C@@H](C)CC)C(=O)OCC(=O)O[C@H](C)C(=O)N(C)[C@@H]([C@@H](C)CC)C(=O)N1C. The summed E-state index contributed by atoms with van der Waals surface area (Å²) in [6, 6.07) is -3.10. The Labute approximate surface area is 244 Å². The molecule has 0 N–H and O–H groups in total. The van der Waals surface area contributed by atoms with E-state index in [9.17, 15) is 28.8 Å². The second kappa shape index (κ2) is 15.7. The van der Waals surface area contributed by atoms with E-state index < -0.39 is 72.6 Å². The molecule has 0 aromatic carbocycles. The lowest BCUT2D eigenvalue weighted by Gasteiger charge is -2.39. The van der Waals surface area contributed by atoms with Crippen molar-refractivity contribution in [2.45, 2.75) is 105 Å². The molecule has 234 valence electrons. The van der Waals surface area contributed by atoms with E-state index >= 15 is 0 Å². The maximum Gasteiger partial charge on any atom is 0.345 e. The van der Waals surface area contributed by atoms with Crippen LogP contribution < -0.4 is 0 Å². The Bertz CT molecular complexity index is 971. The number of esters is 3. The quantitative estimate of drug-likeness (QED) is 0.339. The van der Waals surface area contributed by atoms with E-state index in [2.05, 4.69) is 0 Å². The zero-order valence-electron chi connectivity index (χ0n) is 26.5. The molecule has 1 saturated heterocycles. The zero-order valence-corrected chi connectivity index (χ0v) is 26.5. The van der Waals surface area contributed by atoms with Crippen LogP contribution in [0.1, 0.15) is 74.7 Å². The van der Waals surface area contributed by atoms with Crippen LogP contribution in [0, 0.1) is 17.8 Å². The minimum absolute atomic E-state index is 0.311. The molecule has 1 heterocycles. The second-order valence-electron chi connectivity index (χ2n) is 11.2. The van der Waals surface area contributed by atoms with Gasteiger partial charge in [0, 0.05) is 21.1 Å². The zero-order chi connectivity index (χ0) is 31.8. The van der Waals surface area contributed by atoms with Crippen LogP contribution >= 0.6 is 0 Å². The van der Waals surface area contributed by atoms with Crippen LogP contribution in [0.3, 0.4) is 0 Å². The lowest BCUT2D eigenvalue weighted by atomic mass is 9.93. The number of ether oxygens (including phenoxy) is 3. The molecule has 0 radical (unpaired) electrons. The maximum absolute atomic E-state index is 13.9. The standard InChI is InChI=1S/C29H49N3O9/c1-12-16(4)22-27(36)32(11)24(18(6)14-3)29(38)41-20(8)26(35)31(10)23(17(5)13-2)28(37)39-15-21(33)40-19(7)25(34)30(22)9/h16-20,22-24H,12-15H2,1-11H3/t16-,17-,18-,19+,20+,22-,23-,24-/m0/s1. The fourth-order valence-corrected chi connectivity index (χ4v) is 4.99. The number of carbonyl (C=O) groups excluding carboxylic acids is 6.